The van der Waals surface area contributed by atoms with E-state index < -0.39 is 0 Å². The highest BCUT2D eigenvalue weighted by Gasteiger charge is 2.52. The van der Waals surface area contributed by atoms with E-state index in [-0.39, 0.29) is 29.8 Å². The Labute approximate surface area is 123 Å². The standard InChI is InChI=1S/C13H21N5O3/c1-3-21-13(2)6-11(13)16-12(19)15-9-7-20-8-10(9)18-5-4-14-17-18/h4-5,9-11H,3,6-8H2,1-2H3,(H2,15,16,19)/t9-,10+,11+,13-/m0/s1. The lowest BCUT2D eigenvalue weighted by Crippen LogP contribution is -2.47. The van der Waals surface area contributed by atoms with Crippen LogP contribution in [0.2, 0.25) is 0 Å². The highest BCUT2D eigenvalue weighted by Crippen LogP contribution is 2.39. The Bertz CT molecular complexity index is 494. The van der Waals surface area contributed by atoms with E-state index in [0.717, 1.165) is 6.42 Å². The Balaban J connectivity index is 1.51. The molecular weight excluding hydrogens is 274 g/mol. The lowest BCUT2D eigenvalue weighted by molar-refractivity contribution is 0.0492. The van der Waals surface area contributed by atoms with E-state index in [1.807, 2.05) is 13.8 Å². The summed E-state index contributed by atoms with van der Waals surface area (Å²) in [5, 5.41) is 13.7. The third-order valence-electron chi connectivity index (χ3n) is 4.11. The molecule has 0 aromatic carbocycles. The van der Waals surface area contributed by atoms with Crippen LogP contribution in [0.4, 0.5) is 4.79 Å². The van der Waals surface area contributed by atoms with Crippen molar-refractivity contribution in [2.24, 2.45) is 0 Å². The van der Waals surface area contributed by atoms with E-state index in [1.54, 1.807) is 17.1 Å². The van der Waals surface area contributed by atoms with E-state index in [0.29, 0.717) is 19.8 Å². The van der Waals surface area contributed by atoms with E-state index in [9.17, 15) is 4.79 Å². The number of hydrogen-bond acceptors (Lipinski definition) is 5. The van der Waals surface area contributed by atoms with E-state index >= 15 is 0 Å². The fraction of sp³-hybridized carbons (Fsp3) is 0.769. The predicted octanol–water partition coefficient (Wildman–Crippen LogP) is 0.0847. The first-order chi connectivity index (χ1) is 10.1. The van der Waals surface area contributed by atoms with Crippen molar-refractivity contribution in [2.45, 2.75) is 44.0 Å². The molecule has 0 unspecified atom stereocenters. The van der Waals surface area contributed by atoms with Gasteiger partial charge in [0.05, 0.1) is 43.1 Å². The summed E-state index contributed by atoms with van der Waals surface area (Å²) in [5.41, 5.74) is -0.219. The zero-order valence-electron chi connectivity index (χ0n) is 12.3. The van der Waals surface area contributed by atoms with Crippen molar-refractivity contribution >= 4 is 6.03 Å². The first-order valence-corrected chi connectivity index (χ1v) is 7.27. The topological polar surface area (TPSA) is 90.3 Å². The summed E-state index contributed by atoms with van der Waals surface area (Å²) in [5.74, 6) is 0. The molecule has 2 fully saturated rings. The van der Waals surface area contributed by atoms with Crippen molar-refractivity contribution in [3.63, 3.8) is 0 Å². The van der Waals surface area contributed by atoms with Gasteiger partial charge in [-0.3, -0.25) is 0 Å². The monoisotopic (exact) mass is 295 g/mol. The molecule has 1 aliphatic carbocycles. The molecule has 0 radical (unpaired) electrons. The van der Waals surface area contributed by atoms with Crippen LogP contribution in [-0.2, 0) is 9.47 Å². The summed E-state index contributed by atoms with van der Waals surface area (Å²) < 4.78 is 12.8. The zero-order valence-corrected chi connectivity index (χ0v) is 12.3. The fourth-order valence-corrected chi connectivity index (χ4v) is 2.74. The molecule has 1 saturated heterocycles. The average molecular weight is 295 g/mol. The molecule has 1 saturated carbocycles. The van der Waals surface area contributed by atoms with Crippen molar-refractivity contribution in [2.75, 3.05) is 19.8 Å². The van der Waals surface area contributed by atoms with Crippen molar-refractivity contribution in [3.05, 3.63) is 12.4 Å². The second-order valence-corrected chi connectivity index (χ2v) is 5.71. The van der Waals surface area contributed by atoms with Gasteiger partial charge in [-0.2, -0.15) is 0 Å². The number of ether oxygens (including phenoxy) is 2. The summed E-state index contributed by atoms with van der Waals surface area (Å²) in [6.45, 7) is 5.62. The van der Waals surface area contributed by atoms with Crippen LogP contribution in [0.15, 0.2) is 12.4 Å². The van der Waals surface area contributed by atoms with Crippen LogP contribution < -0.4 is 10.6 Å². The van der Waals surface area contributed by atoms with Gasteiger partial charge in [0.1, 0.15) is 0 Å². The number of hydrogen-bond donors (Lipinski definition) is 2. The average Bonchev–Trinajstić information content (AvgIpc) is 2.89. The van der Waals surface area contributed by atoms with Crippen LogP contribution in [0, 0.1) is 0 Å². The molecule has 4 atom stereocenters. The van der Waals surface area contributed by atoms with Crippen molar-refractivity contribution < 1.29 is 14.3 Å². The Morgan fingerprint density at radius 3 is 3.10 bits per heavy atom. The highest BCUT2D eigenvalue weighted by atomic mass is 16.5. The molecule has 2 aliphatic rings. The van der Waals surface area contributed by atoms with Gasteiger partial charge >= 0.3 is 6.03 Å². The van der Waals surface area contributed by atoms with Crippen LogP contribution >= 0.6 is 0 Å². The number of carbonyl (C=O) groups is 1. The molecule has 0 bridgehead atoms. The number of aromatic nitrogens is 3. The predicted molar refractivity (Wildman–Crippen MR) is 73.8 cm³/mol. The molecule has 1 aromatic heterocycles. The van der Waals surface area contributed by atoms with Gasteiger partial charge in [0.15, 0.2) is 0 Å². The summed E-state index contributed by atoms with van der Waals surface area (Å²) in [7, 11) is 0. The molecule has 0 spiro atoms. The SMILES string of the molecule is CCO[C@@]1(C)C[C@H]1NC(=O)N[C@H]1COC[C@H]1n1ccnn1. The number of nitrogens with zero attached hydrogens (tertiary/aromatic N) is 3. The normalized spacial score (nSPS) is 34.7. The number of amides is 2. The second-order valence-electron chi connectivity index (χ2n) is 5.71. The van der Waals surface area contributed by atoms with Gasteiger partial charge in [-0.15, -0.1) is 5.10 Å². The molecular formula is C13H21N5O3. The maximum Gasteiger partial charge on any atom is 0.315 e. The maximum atomic E-state index is 12.1. The highest BCUT2D eigenvalue weighted by molar-refractivity contribution is 5.75. The molecule has 1 aromatic rings. The van der Waals surface area contributed by atoms with Crippen molar-refractivity contribution in [1.29, 1.82) is 0 Å². The maximum absolute atomic E-state index is 12.1. The van der Waals surface area contributed by atoms with Crippen molar-refractivity contribution in [3.8, 4) is 0 Å². The lowest BCUT2D eigenvalue weighted by Gasteiger charge is -2.20. The van der Waals surface area contributed by atoms with E-state index in [1.165, 1.54) is 0 Å². The minimum Gasteiger partial charge on any atom is -0.377 e. The number of rotatable bonds is 5. The van der Waals surface area contributed by atoms with Gasteiger partial charge in [0, 0.05) is 19.2 Å². The van der Waals surface area contributed by atoms with Gasteiger partial charge in [0.25, 0.3) is 0 Å². The molecule has 21 heavy (non-hydrogen) atoms. The van der Waals surface area contributed by atoms with Crippen LogP contribution in [-0.4, -0.2) is 58.5 Å². The fourth-order valence-electron chi connectivity index (χ4n) is 2.74. The van der Waals surface area contributed by atoms with Crippen molar-refractivity contribution in [1.82, 2.24) is 25.6 Å². The van der Waals surface area contributed by atoms with Gasteiger partial charge in [-0.1, -0.05) is 5.21 Å². The van der Waals surface area contributed by atoms with Gasteiger partial charge in [0.2, 0.25) is 0 Å². The Kier molecular flexibility index (Phi) is 3.81. The molecule has 3 rings (SSSR count). The molecule has 1 aliphatic heterocycles. The molecule has 116 valence electrons. The third-order valence-corrected chi connectivity index (χ3v) is 4.11. The third kappa shape index (κ3) is 3.01. The largest absolute Gasteiger partial charge is 0.377 e. The number of nitrogens with one attached hydrogen (secondary N) is 2. The molecule has 8 nitrogen and oxygen atoms in total. The summed E-state index contributed by atoms with van der Waals surface area (Å²) in [6, 6.07) is -0.242. The van der Waals surface area contributed by atoms with Gasteiger partial charge in [-0.25, -0.2) is 9.48 Å². The van der Waals surface area contributed by atoms with Crippen LogP contribution in [0.1, 0.15) is 26.3 Å². The van der Waals surface area contributed by atoms with Gasteiger partial charge in [-0.05, 0) is 13.8 Å². The second kappa shape index (κ2) is 5.61. The quantitative estimate of drug-likeness (QED) is 0.803. The Hall–Kier alpha value is -1.67. The first kappa shape index (κ1) is 14.3. The summed E-state index contributed by atoms with van der Waals surface area (Å²) in [4.78, 5) is 12.1. The Morgan fingerprint density at radius 1 is 1.52 bits per heavy atom. The summed E-state index contributed by atoms with van der Waals surface area (Å²) in [6.07, 6.45) is 4.24. The van der Waals surface area contributed by atoms with Crippen LogP contribution in [0.5, 0.6) is 0 Å². The van der Waals surface area contributed by atoms with Gasteiger partial charge < -0.3 is 20.1 Å². The smallest absolute Gasteiger partial charge is 0.315 e. The first-order valence-electron chi connectivity index (χ1n) is 7.27. The number of carbonyl (C=O) groups excluding carboxylic acids is 1. The minimum absolute atomic E-state index is 0.0178. The number of urea groups is 1. The lowest BCUT2D eigenvalue weighted by atomic mass is 10.2. The molecule has 2 N–H and O–H groups in total. The van der Waals surface area contributed by atoms with Crippen LogP contribution in [0.25, 0.3) is 0 Å². The Morgan fingerprint density at radius 2 is 2.38 bits per heavy atom. The summed E-state index contributed by atoms with van der Waals surface area (Å²) >= 11 is 0. The van der Waals surface area contributed by atoms with Crippen LogP contribution in [0.3, 0.4) is 0 Å². The molecule has 2 amide bonds. The molecule has 2 heterocycles. The minimum atomic E-state index is -0.219. The van der Waals surface area contributed by atoms with E-state index in [2.05, 4.69) is 20.9 Å². The van der Waals surface area contributed by atoms with E-state index in [4.69, 9.17) is 9.47 Å². The zero-order chi connectivity index (χ0) is 14.9. The molecule has 8 heteroatoms.